The van der Waals surface area contributed by atoms with Crippen molar-refractivity contribution in [2.45, 2.75) is 96.4 Å². The van der Waals surface area contributed by atoms with Gasteiger partial charge in [-0.3, -0.25) is 22.5 Å². The molecule has 0 saturated carbocycles. The van der Waals surface area contributed by atoms with Crippen molar-refractivity contribution >= 4 is 63.7 Å². The lowest BCUT2D eigenvalue weighted by Crippen LogP contribution is -3.00. The van der Waals surface area contributed by atoms with Crippen LogP contribution in [0, 0.1) is 11.8 Å². The number of hydrogen-bond donors (Lipinski definition) is 1. The van der Waals surface area contributed by atoms with Crippen LogP contribution in [-0.4, -0.2) is 49.8 Å². The highest BCUT2D eigenvalue weighted by Crippen LogP contribution is 2.51. The molecular weight excluding hydrogens is 883 g/mol. The summed E-state index contributed by atoms with van der Waals surface area (Å²) in [5.41, 5.74) is 11.3. The average Bonchev–Trinajstić information content (AvgIpc) is 3.67. The van der Waals surface area contributed by atoms with Crippen LogP contribution in [0.25, 0.3) is 21.5 Å². The van der Waals surface area contributed by atoms with E-state index in [0.29, 0.717) is 25.9 Å². The van der Waals surface area contributed by atoms with Gasteiger partial charge in [-0.25, -0.2) is 0 Å². The number of carbonyl (C=O) groups excluding carboxylic acids is 2. The van der Waals surface area contributed by atoms with E-state index in [1.54, 1.807) is 0 Å². The lowest BCUT2D eigenvalue weighted by molar-refractivity contribution is -0.401. The number of nitrogens with zero attached hydrogens (tertiary/aromatic N) is 3. The van der Waals surface area contributed by atoms with E-state index in [2.05, 4.69) is 158 Å². The molecule has 0 aliphatic carbocycles. The molecular formula is C59H61BF4N4O2. The molecule has 6 aromatic rings. The van der Waals surface area contributed by atoms with E-state index in [-0.39, 0.29) is 27.3 Å². The number of rotatable bonds is 14. The first-order chi connectivity index (χ1) is 33.3. The first-order valence-corrected chi connectivity index (χ1v) is 24.3. The minimum Gasteiger partial charge on any atom is -1.00 e. The molecule has 6 nitrogen and oxygen atoms in total. The monoisotopic (exact) mass is 944 g/mol. The summed E-state index contributed by atoms with van der Waals surface area (Å²) >= 11 is 0. The summed E-state index contributed by atoms with van der Waals surface area (Å²) < 4.78 is 31.4. The topological polar surface area (TPSA) is 55.7 Å². The molecule has 0 aromatic heterocycles. The lowest BCUT2D eigenvalue weighted by atomic mass is 9.79. The third kappa shape index (κ3) is 10.8. The molecule has 2 amide bonds. The second kappa shape index (κ2) is 22.2. The molecule has 0 bridgehead atoms. The Morgan fingerprint density at radius 2 is 1.29 bits per heavy atom. The Bertz CT molecular complexity index is 3050. The molecule has 3 heterocycles. The predicted molar refractivity (Wildman–Crippen MR) is 278 cm³/mol. The fourth-order valence-electron chi connectivity index (χ4n) is 10.7. The zero-order valence-corrected chi connectivity index (χ0v) is 40.8. The number of nitrogens with one attached hydrogen (secondary N) is 1. The molecule has 9 rings (SSSR count). The molecule has 0 spiro atoms. The van der Waals surface area contributed by atoms with E-state index in [9.17, 15) is 22.5 Å². The zero-order valence-electron chi connectivity index (χ0n) is 40.8. The Hall–Kier alpha value is -6.93. The highest BCUT2D eigenvalue weighted by atomic mass is 19.4. The van der Waals surface area contributed by atoms with Crippen LogP contribution in [0.1, 0.15) is 107 Å². The quantitative estimate of drug-likeness (QED) is 0.0389. The molecule has 70 heavy (non-hydrogen) atoms. The van der Waals surface area contributed by atoms with Crippen LogP contribution < -0.4 is 19.8 Å². The van der Waals surface area contributed by atoms with E-state index in [1.165, 1.54) is 55.5 Å². The Kier molecular flexibility index (Phi) is 16.2. The number of anilines is 2. The average molecular weight is 945 g/mol. The maximum absolute atomic E-state index is 13.6. The van der Waals surface area contributed by atoms with Crippen molar-refractivity contribution < 1.29 is 31.8 Å². The van der Waals surface area contributed by atoms with Gasteiger partial charge in [-0.1, -0.05) is 130 Å². The van der Waals surface area contributed by atoms with Crippen LogP contribution in [-0.2, 0) is 27.0 Å². The van der Waals surface area contributed by atoms with E-state index < -0.39 is 7.54 Å². The lowest BCUT2D eigenvalue weighted by Gasteiger charge is -2.27. The van der Waals surface area contributed by atoms with Crippen LogP contribution in [0.2, 0.25) is 0 Å². The zero-order chi connectivity index (χ0) is 48.7. The number of benzene rings is 6. The molecule has 360 valence electrons. The van der Waals surface area contributed by atoms with Gasteiger partial charge in [0.1, 0.15) is 7.05 Å². The highest BCUT2D eigenvalue weighted by molar-refractivity contribution is 6.33. The van der Waals surface area contributed by atoms with Crippen LogP contribution in [0.3, 0.4) is 0 Å². The number of hydrogen-bond acceptors (Lipinski definition) is 3. The third-order valence-corrected chi connectivity index (χ3v) is 14.0. The summed E-state index contributed by atoms with van der Waals surface area (Å²) in [6.45, 7) is 11.5. The van der Waals surface area contributed by atoms with Crippen LogP contribution >= 0.6 is 0 Å². The van der Waals surface area contributed by atoms with Crippen molar-refractivity contribution in [3.05, 3.63) is 173 Å². The van der Waals surface area contributed by atoms with E-state index in [4.69, 9.17) is 0 Å². The summed E-state index contributed by atoms with van der Waals surface area (Å²) in [7, 11) is -1.47. The van der Waals surface area contributed by atoms with Gasteiger partial charge in [0.2, 0.25) is 17.5 Å². The summed E-state index contributed by atoms with van der Waals surface area (Å²) in [5.74, 6) is 6.78. The van der Waals surface area contributed by atoms with Gasteiger partial charge in [0.15, 0.2) is 5.71 Å². The number of fused-ring (bicyclic) bond motifs is 8. The maximum atomic E-state index is 13.6. The fraction of sp³-hybridized carbons (Fsp3) is 0.305. The minimum absolute atomic E-state index is 0. The van der Waals surface area contributed by atoms with Gasteiger partial charge < -0.3 is 19.8 Å². The SMILES string of the molecule is C[N+]1=C(/C=C/C=C2N(CCCCCC(=O)NCCCCCC(=O)N3Cc4ccccc4C#Cc4ccccc43)c3ccc4ccccc4c3C2(C)C)C(C)(C)c2c1ccc1ccccc21.FB(F)F.[F-]. The van der Waals surface area contributed by atoms with E-state index >= 15 is 0 Å². The van der Waals surface area contributed by atoms with Gasteiger partial charge >= 0.3 is 7.54 Å². The first-order valence-electron chi connectivity index (χ1n) is 24.3. The van der Waals surface area contributed by atoms with Gasteiger partial charge in [-0.2, -0.15) is 4.58 Å². The summed E-state index contributed by atoms with van der Waals surface area (Å²) in [5, 5.41) is 8.31. The normalized spacial score (nSPS) is 15.5. The van der Waals surface area contributed by atoms with Crippen molar-refractivity contribution in [3.63, 3.8) is 0 Å². The molecule has 0 fully saturated rings. The Morgan fingerprint density at radius 1 is 0.686 bits per heavy atom. The van der Waals surface area contributed by atoms with Crippen molar-refractivity contribution in [1.29, 1.82) is 0 Å². The smallest absolute Gasteiger partial charge is 0.762 e. The van der Waals surface area contributed by atoms with E-state index in [1.807, 2.05) is 47.4 Å². The van der Waals surface area contributed by atoms with Gasteiger partial charge in [-0.05, 0) is 109 Å². The standard InChI is InChI=1S/C59H60N4O2.BF3.FH/c1-58(2)52(61(5)50-37-35-43-22-12-15-26-47(43)56(50)58)29-20-30-53-59(3,4)57-48-27-16-13-23-44(48)36-38-51(57)62(53)40-19-7-8-31-54(64)60-39-18-6-9-32-55(65)63-41-46-25-11-10-21-42(46)33-34-45-24-14-17-28-49(45)63;2-1(3)4;/h10-17,20-30,35-38H,6-9,18-19,31-32,39-41H2,1-5H3;;1H. The number of para-hydroxylation sites is 1. The van der Waals surface area contributed by atoms with Gasteiger partial charge in [0, 0.05) is 71.6 Å². The van der Waals surface area contributed by atoms with Crippen molar-refractivity contribution in [3.8, 4) is 11.8 Å². The summed E-state index contributed by atoms with van der Waals surface area (Å²) in [6.07, 6.45) is 13.2. The fourth-order valence-corrected chi connectivity index (χ4v) is 10.7. The molecule has 0 unspecified atom stereocenters. The molecule has 6 aromatic carbocycles. The Morgan fingerprint density at radius 3 is 2.03 bits per heavy atom. The number of amides is 2. The van der Waals surface area contributed by atoms with Crippen LogP contribution in [0.15, 0.2) is 145 Å². The maximum Gasteiger partial charge on any atom is 0.762 e. The van der Waals surface area contributed by atoms with Crippen LogP contribution in [0.4, 0.5) is 30.0 Å². The second-order valence-electron chi connectivity index (χ2n) is 19.2. The molecule has 1 N–H and O–H groups in total. The van der Waals surface area contributed by atoms with Gasteiger partial charge in [0.05, 0.1) is 17.6 Å². The number of halogens is 4. The Labute approximate surface area is 410 Å². The van der Waals surface area contributed by atoms with Crippen LogP contribution in [0.5, 0.6) is 0 Å². The third-order valence-electron chi connectivity index (χ3n) is 14.0. The molecule has 3 aliphatic heterocycles. The first kappa shape index (κ1) is 50.9. The Balaban J connectivity index is 0.00000139. The predicted octanol–water partition coefficient (Wildman–Crippen LogP) is 10.3. The van der Waals surface area contributed by atoms with Crippen molar-refractivity contribution in [1.82, 2.24) is 5.32 Å². The van der Waals surface area contributed by atoms with Gasteiger partial charge in [-0.15, -0.1) is 0 Å². The molecule has 11 heteroatoms. The number of carbonyl (C=O) groups is 2. The molecule has 0 radical (unpaired) electrons. The molecule has 3 aliphatic rings. The molecule has 0 saturated heterocycles. The largest absolute Gasteiger partial charge is 1.00 e. The summed E-state index contributed by atoms with van der Waals surface area (Å²) in [4.78, 5) is 30.9. The van der Waals surface area contributed by atoms with E-state index in [0.717, 1.165) is 67.4 Å². The summed E-state index contributed by atoms with van der Waals surface area (Å²) in [6, 6.07) is 42.5. The van der Waals surface area contributed by atoms with Crippen molar-refractivity contribution in [2.24, 2.45) is 0 Å². The second-order valence-corrected chi connectivity index (χ2v) is 19.2. The highest BCUT2D eigenvalue weighted by Gasteiger charge is 2.45. The van der Waals surface area contributed by atoms with Gasteiger partial charge in [0.25, 0.3) is 0 Å². The molecule has 0 atom stereocenters. The minimum atomic E-state index is -3.67. The number of allylic oxidation sites excluding steroid dienone is 4. The number of unbranched alkanes of at least 4 members (excludes halogenated alkanes) is 4. The van der Waals surface area contributed by atoms with Crippen molar-refractivity contribution in [2.75, 3.05) is 29.9 Å².